The van der Waals surface area contributed by atoms with Gasteiger partial charge in [-0.15, -0.1) is 6.42 Å². The summed E-state index contributed by atoms with van der Waals surface area (Å²) in [6.45, 7) is 1.79. The molecular weight excluding hydrogens is 190 g/mol. The van der Waals surface area contributed by atoms with Crippen molar-refractivity contribution in [2.24, 2.45) is 0 Å². The SMILES string of the molecule is C#CCN(C)Cc1ccc2c(c1)OCO2. The number of hydrogen-bond acceptors (Lipinski definition) is 3. The quantitative estimate of drug-likeness (QED) is 0.694. The molecule has 0 saturated heterocycles. The molecule has 15 heavy (non-hydrogen) atoms. The van der Waals surface area contributed by atoms with Crippen molar-refractivity contribution in [1.29, 1.82) is 0 Å². The van der Waals surface area contributed by atoms with Gasteiger partial charge in [-0.2, -0.15) is 0 Å². The third kappa shape index (κ3) is 2.23. The van der Waals surface area contributed by atoms with Gasteiger partial charge in [0, 0.05) is 6.54 Å². The molecule has 0 aromatic heterocycles. The lowest BCUT2D eigenvalue weighted by Gasteiger charge is -2.13. The molecule has 0 N–H and O–H groups in total. The number of nitrogens with zero attached hydrogens (tertiary/aromatic N) is 1. The lowest BCUT2D eigenvalue weighted by atomic mass is 10.2. The number of ether oxygens (including phenoxy) is 2. The van der Waals surface area contributed by atoms with Gasteiger partial charge in [-0.05, 0) is 24.7 Å². The zero-order valence-electron chi connectivity index (χ0n) is 8.69. The van der Waals surface area contributed by atoms with E-state index in [1.807, 2.05) is 25.2 Å². The predicted octanol–water partition coefficient (Wildman–Crippen LogP) is 1.48. The van der Waals surface area contributed by atoms with Crippen molar-refractivity contribution in [1.82, 2.24) is 4.90 Å². The largest absolute Gasteiger partial charge is 0.454 e. The van der Waals surface area contributed by atoms with Gasteiger partial charge in [-0.1, -0.05) is 12.0 Å². The Balaban J connectivity index is 2.07. The summed E-state index contributed by atoms with van der Waals surface area (Å²) in [5.74, 6) is 4.25. The Morgan fingerprint density at radius 1 is 1.40 bits per heavy atom. The maximum atomic E-state index is 5.30. The van der Waals surface area contributed by atoms with E-state index >= 15 is 0 Å². The molecule has 3 heteroatoms. The van der Waals surface area contributed by atoms with Crippen LogP contribution in [0.3, 0.4) is 0 Å². The fourth-order valence-corrected chi connectivity index (χ4v) is 1.56. The summed E-state index contributed by atoms with van der Waals surface area (Å²) >= 11 is 0. The van der Waals surface area contributed by atoms with E-state index in [0.29, 0.717) is 13.3 Å². The highest BCUT2D eigenvalue weighted by molar-refractivity contribution is 5.44. The molecule has 78 valence electrons. The van der Waals surface area contributed by atoms with Crippen LogP contribution in [0.25, 0.3) is 0 Å². The molecule has 0 fully saturated rings. The first kappa shape index (κ1) is 9.88. The van der Waals surface area contributed by atoms with Gasteiger partial charge in [0.25, 0.3) is 0 Å². The van der Waals surface area contributed by atoms with Crippen LogP contribution in [0.1, 0.15) is 5.56 Å². The monoisotopic (exact) mass is 203 g/mol. The highest BCUT2D eigenvalue weighted by Crippen LogP contribution is 2.32. The van der Waals surface area contributed by atoms with Crippen molar-refractivity contribution in [2.75, 3.05) is 20.4 Å². The van der Waals surface area contributed by atoms with Crippen molar-refractivity contribution in [3.8, 4) is 23.8 Å². The topological polar surface area (TPSA) is 21.7 Å². The van der Waals surface area contributed by atoms with Gasteiger partial charge in [0.1, 0.15) is 0 Å². The van der Waals surface area contributed by atoms with Crippen molar-refractivity contribution in [3.05, 3.63) is 23.8 Å². The number of terminal acetylenes is 1. The molecule has 0 unspecified atom stereocenters. The van der Waals surface area contributed by atoms with Gasteiger partial charge in [0.05, 0.1) is 6.54 Å². The Labute approximate surface area is 89.6 Å². The van der Waals surface area contributed by atoms with Crippen molar-refractivity contribution in [3.63, 3.8) is 0 Å². The van der Waals surface area contributed by atoms with Gasteiger partial charge in [0.15, 0.2) is 11.5 Å². The lowest BCUT2D eigenvalue weighted by Crippen LogP contribution is -2.17. The molecule has 1 aliphatic rings. The van der Waals surface area contributed by atoms with Gasteiger partial charge in [-0.25, -0.2) is 0 Å². The van der Waals surface area contributed by atoms with E-state index in [9.17, 15) is 0 Å². The van der Waals surface area contributed by atoms with Crippen LogP contribution in [-0.2, 0) is 6.54 Å². The molecule has 0 spiro atoms. The maximum Gasteiger partial charge on any atom is 0.231 e. The van der Waals surface area contributed by atoms with Crippen molar-refractivity contribution < 1.29 is 9.47 Å². The average Bonchev–Trinajstić information content (AvgIpc) is 2.65. The summed E-state index contributed by atoms with van der Waals surface area (Å²) < 4.78 is 10.5. The van der Waals surface area contributed by atoms with Crippen LogP contribution in [0.4, 0.5) is 0 Å². The predicted molar refractivity (Wildman–Crippen MR) is 57.7 cm³/mol. The van der Waals surface area contributed by atoms with Crippen LogP contribution >= 0.6 is 0 Å². The Hall–Kier alpha value is -1.66. The molecule has 1 heterocycles. The highest BCUT2D eigenvalue weighted by Gasteiger charge is 2.13. The zero-order valence-corrected chi connectivity index (χ0v) is 8.69. The van der Waals surface area contributed by atoms with Crippen LogP contribution in [0, 0.1) is 12.3 Å². The summed E-state index contributed by atoms with van der Waals surface area (Å²) in [5.41, 5.74) is 1.18. The second-order valence-electron chi connectivity index (χ2n) is 3.56. The third-order valence-electron chi connectivity index (χ3n) is 2.25. The first-order valence-electron chi connectivity index (χ1n) is 4.80. The second kappa shape index (κ2) is 4.24. The molecule has 3 nitrogen and oxygen atoms in total. The zero-order chi connectivity index (χ0) is 10.7. The van der Waals surface area contributed by atoms with Gasteiger partial charge >= 0.3 is 0 Å². The van der Waals surface area contributed by atoms with Crippen molar-refractivity contribution in [2.45, 2.75) is 6.54 Å². The maximum absolute atomic E-state index is 5.30. The van der Waals surface area contributed by atoms with E-state index in [0.717, 1.165) is 18.0 Å². The molecule has 1 aromatic rings. The van der Waals surface area contributed by atoms with Crippen LogP contribution in [0.2, 0.25) is 0 Å². The van der Waals surface area contributed by atoms with Crippen LogP contribution < -0.4 is 9.47 Å². The normalized spacial score (nSPS) is 12.9. The number of benzene rings is 1. The van der Waals surface area contributed by atoms with E-state index in [-0.39, 0.29) is 0 Å². The molecule has 0 saturated carbocycles. The highest BCUT2D eigenvalue weighted by atomic mass is 16.7. The van der Waals surface area contributed by atoms with E-state index in [1.54, 1.807) is 0 Å². The molecular formula is C12H13NO2. The number of rotatable bonds is 3. The Bertz CT molecular complexity index is 395. The van der Waals surface area contributed by atoms with E-state index in [4.69, 9.17) is 15.9 Å². The summed E-state index contributed by atoms with van der Waals surface area (Å²) in [4.78, 5) is 2.07. The van der Waals surface area contributed by atoms with Gasteiger partial charge < -0.3 is 9.47 Å². The van der Waals surface area contributed by atoms with E-state index in [1.165, 1.54) is 5.56 Å². The van der Waals surface area contributed by atoms with Gasteiger partial charge in [0.2, 0.25) is 6.79 Å². The van der Waals surface area contributed by atoms with Crippen LogP contribution in [-0.4, -0.2) is 25.3 Å². The van der Waals surface area contributed by atoms with Gasteiger partial charge in [-0.3, -0.25) is 4.90 Å². The minimum atomic E-state index is 0.318. The van der Waals surface area contributed by atoms with Crippen LogP contribution in [0.15, 0.2) is 18.2 Å². The van der Waals surface area contributed by atoms with Crippen molar-refractivity contribution >= 4 is 0 Å². The standard InChI is InChI=1S/C12H13NO2/c1-3-6-13(2)8-10-4-5-11-12(7-10)15-9-14-11/h1,4-5,7H,6,8-9H2,2H3. The number of hydrogen-bond donors (Lipinski definition) is 0. The molecule has 0 aliphatic carbocycles. The summed E-state index contributed by atoms with van der Waals surface area (Å²) in [7, 11) is 1.99. The minimum Gasteiger partial charge on any atom is -0.454 e. The summed E-state index contributed by atoms with van der Waals surface area (Å²) in [6.07, 6.45) is 5.24. The van der Waals surface area contributed by atoms with Crippen LogP contribution in [0.5, 0.6) is 11.5 Å². The molecule has 0 radical (unpaired) electrons. The molecule has 0 amide bonds. The second-order valence-corrected chi connectivity index (χ2v) is 3.56. The first-order valence-corrected chi connectivity index (χ1v) is 4.80. The molecule has 1 aromatic carbocycles. The minimum absolute atomic E-state index is 0.318. The fraction of sp³-hybridized carbons (Fsp3) is 0.333. The average molecular weight is 203 g/mol. The Morgan fingerprint density at radius 3 is 3.00 bits per heavy atom. The smallest absolute Gasteiger partial charge is 0.231 e. The first-order chi connectivity index (χ1) is 7.29. The lowest BCUT2D eigenvalue weighted by molar-refractivity contribution is 0.174. The summed E-state index contributed by atoms with van der Waals surface area (Å²) in [6, 6.07) is 5.96. The number of fused-ring (bicyclic) bond motifs is 1. The summed E-state index contributed by atoms with van der Waals surface area (Å²) in [5, 5.41) is 0. The molecule has 2 rings (SSSR count). The molecule has 0 bridgehead atoms. The Morgan fingerprint density at radius 2 is 2.20 bits per heavy atom. The fourth-order valence-electron chi connectivity index (χ4n) is 1.56. The third-order valence-corrected chi connectivity index (χ3v) is 2.25. The molecule has 0 atom stereocenters. The Kier molecular flexibility index (Phi) is 2.79. The van der Waals surface area contributed by atoms with E-state index in [2.05, 4.69) is 10.8 Å². The molecule has 1 aliphatic heterocycles. The van der Waals surface area contributed by atoms with E-state index < -0.39 is 0 Å².